The van der Waals surface area contributed by atoms with E-state index in [1.807, 2.05) is 0 Å². The van der Waals surface area contributed by atoms with Crippen LogP contribution in [-0.4, -0.2) is 80.9 Å². The lowest BCUT2D eigenvalue weighted by Crippen LogP contribution is -2.48. The Balaban J connectivity index is 1.25. The lowest BCUT2D eigenvalue weighted by molar-refractivity contribution is 0.0947. The molecule has 1 fully saturated rings. The zero-order chi connectivity index (χ0) is 28.7. The van der Waals surface area contributed by atoms with Gasteiger partial charge in [0.25, 0.3) is 5.91 Å². The average molecular weight is 586 g/mol. The first-order chi connectivity index (χ1) is 19.2. The van der Waals surface area contributed by atoms with Crippen LogP contribution in [0.25, 0.3) is 10.2 Å². The van der Waals surface area contributed by atoms with E-state index in [1.165, 1.54) is 15.8 Å². The number of nitrogens with zero attached hydrogens (tertiary/aromatic N) is 4. The molecule has 1 aromatic heterocycles. The standard InChI is InChI=1S/C30H43N5O3S2/c1-5-7-16-35(17-8-6-2)40(37,38)26-12-10-25(11-13-26)29(36)31-15-18-33-19-21-34(22-20-33)30-32-28-24(4)23(3)9-14-27(28)39-30/h9-14H,5-8,15-22H2,1-4H3,(H,31,36). The molecule has 0 spiro atoms. The van der Waals surface area contributed by atoms with E-state index < -0.39 is 10.0 Å². The van der Waals surface area contributed by atoms with Gasteiger partial charge in [-0.2, -0.15) is 4.31 Å². The number of thiazole rings is 1. The van der Waals surface area contributed by atoms with Gasteiger partial charge in [0.05, 0.1) is 15.1 Å². The second-order valence-electron chi connectivity index (χ2n) is 10.6. The number of sulfonamides is 1. The number of rotatable bonds is 13. The van der Waals surface area contributed by atoms with Gasteiger partial charge in [0.2, 0.25) is 10.0 Å². The van der Waals surface area contributed by atoms with Crippen LogP contribution in [0, 0.1) is 13.8 Å². The van der Waals surface area contributed by atoms with Crippen molar-refractivity contribution in [3.8, 4) is 0 Å². The van der Waals surface area contributed by atoms with Crippen LogP contribution >= 0.6 is 11.3 Å². The van der Waals surface area contributed by atoms with Crippen molar-refractivity contribution < 1.29 is 13.2 Å². The van der Waals surface area contributed by atoms with E-state index in [-0.39, 0.29) is 10.8 Å². The molecule has 0 atom stereocenters. The molecule has 1 aliphatic heterocycles. The van der Waals surface area contributed by atoms with Crippen LogP contribution in [0.1, 0.15) is 61.0 Å². The number of carbonyl (C=O) groups excluding carboxylic acids is 1. The molecule has 1 saturated heterocycles. The number of anilines is 1. The summed E-state index contributed by atoms with van der Waals surface area (Å²) in [5.74, 6) is -0.184. The largest absolute Gasteiger partial charge is 0.351 e. The van der Waals surface area contributed by atoms with Crippen molar-refractivity contribution in [2.75, 3.05) is 57.3 Å². The Morgan fingerprint density at radius 3 is 2.25 bits per heavy atom. The van der Waals surface area contributed by atoms with Gasteiger partial charge < -0.3 is 10.2 Å². The molecule has 0 unspecified atom stereocenters. The summed E-state index contributed by atoms with van der Waals surface area (Å²) >= 11 is 1.76. The minimum atomic E-state index is -3.57. The highest BCUT2D eigenvalue weighted by Crippen LogP contribution is 2.32. The summed E-state index contributed by atoms with van der Waals surface area (Å²) in [4.78, 5) is 22.6. The number of piperazine rings is 1. The van der Waals surface area contributed by atoms with E-state index in [2.05, 4.69) is 54.9 Å². The van der Waals surface area contributed by atoms with Crippen molar-refractivity contribution in [3.05, 3.63) is 53.1 Å². The van der Waals surface area contributed by atoms with Crippen molar-refractivity contribution in [3.63, 3.8) is 0 Å². The lowest BCUT2D eigenvalue weighted by Gasteiger charge is -2.34. The van der Waals surface area contributed by atoms with Crippen molar-refractivity contribution in [2.24, 2.45) is 0 Å². The molecule has 4 rings (SSSR count). The maximum atomic E-state index is 13.2. The maximum Gasteiger partial charge on any atom is 0.251 e. The van der Waals surface area contributed by atoms with Gasteiger partial charge in [-0.05, 0) is 68.1 Å². The Morgan fingerprint density at radius 2 is 1.62 bits per heavy atom. The van der Waals surface area contributed by atoms with Crippen molar-refractivity contribution in [1.82, 2.24) is 19.5 Å². The van der Waals surface area contributed by atoms with E-state index in [1.54, 1.807) is 39.9 Å². The van der Waals surface area contributed by atoms with E-state index in [0.29, 0.717) is 25.2 Å². The minimum absolute atomic E-state index is 0.184. The monoisotopic (exact) mass is 585 g/mol. The molecule has 0 saturated carbocycles. The summed E-state index contributed by atoms with van der Waals surface area (Å²) in [6.45, 7) is 14.4. The third-order valence-corrected chi connectivity index (χ3v) is 10.7. The third-order valence-electron chi connectivity index (χ3n) is 7.71. The van der Waals surface area contributed by atoms with E-state index in [0.717, 1.165) is 69.1 Å². The zero-order valence-corrected chi connectivity index (χ0v) is 25.9. The topological polar surface area (TPSA) is 85.8 Å². The normalized spacial score (nSPS) is 14.8. The van der Waals surface area contributed by atoms with E-state index >= 15 is 0 Å². The van der Waals surface area contributed by atoms with Gasteiger partial charge in [-0.3, -0.25) is 9.69 Å². The number of hydrogen-bond acceptors (Lipinski definition) is 7. The predicted molar refractivity (Wildman–Crippen MR) is 165 cm³/mol. The quantitative estimate of drug-likeness (QED) is 0.302. The van der Waals surface area contributed by atoms with Gasteiger partial charge in [0.15, 0.2) is 5.13 Å². The molecule has 40 heavy (non-hydrogen) atoms. The molecule has 0 aliphatic carbocycles. The molecule has 0 radical (unpaired) electrons. The van der Waals surface area contributed by atoms with Crippen LogP contribution in [0.4, 0.5) is 5.13 Å². The molecular formula is C30H43N5O3S2. The highest BCUT2D eigenvalue weighted by atomic mass is 32.2. The summed E-state index contributed by atoms with van der Waals surface area (Å²) in [5, 5.41) is 4.08. The number of carbonyl (C=O) groups is 1. The fraction of sp³-hybridized carbons (Fsp3) is 0.533. The Labute approximate surface area is 243 Å². The number of amides is 1. The molecule has 2 heterocycles. The first-order valence-corrected chi connectivity index (χ1v) is 16.7. The van der Waals surface area contributed by atoms with Gasteiger partial charge in [-0.1, -0.05) is 44.1 Å². The van der Waals surface area contributed by atoms with E-state index in [4.69, 9.17) is 4.98 Å². The molecule has 1 N–H and O–H groups in total. The second-order valence-corrected chi connectivity index (χ2v) is 13.5. The molecule has 2 aromatic carbocycles. The van der Waals surface area contributed by atoms with Gasteiger partial charge in [0, 0.05) is 57.9 Å². The summed E-state index contributed by atoms with van der Waals surface area (Å²) in [6.07, 6.45) is 3.55. The van der Waals surface area contributed by atoms with Crippen LogP contribution in [0.5, 0.6) is 0 Å². The number of aryl methyl sites for hydroxylation is 2. The van der Waals surface area contributed by atoms with Gasteiger partial charge in [0.1, 0.15) is 0 Å². The highest BCUT2D eigenvalue weighted by molar-refractivity contribution is 7.89. The Bertz CT molecular complexity index is 1370. The molecule has 218 valence electrons. The fourth-order valence-electron chi connectivity index (χ4n) is 4.89. The van der Waals surface area contributed by atoms with E-state index in [9.17, 15) is 13.2 Å². The fourth-order valence-corrected chi connectivity index (χ4v) is 7.48. The average Bonchev–Trinajstić information content (AvgIpc) is 3.40. The van der Waals surface area contributed by atoms with Crippen LogP contribution in [-0.2, 0) is 10.0 Å². The first-order valence-electron chi connectivity index (χ1n) is 14.5. The molecule has 3 aromatic rings. The summed E-state index contributed by atoms with van der Waals surface area (Å²) in [5.41, 5.74) is 4.11. The number of fused-ring (bicyclic) bond motifs is 1. The van der Waals surface area contributed by atoms with Crippen LogP contribution in [0.3, 0.4) is 0 Å². The molecule has 1 aliphatic rings. The Kier molecular flexibility index (Phi) is 10.6. The number of hydrogen-bond donors (Lipinski definition) is 1. The number of aromatic nitrogens is 1. The Hall–Kier alpha value is -2.53. The highest BCUT2D eigenvalue weighted by Gasteiger charge is 2.24. The Morgan fingerprint density at radius 1 is 0.975 bits per heavy atom. The molecule has 1 amide bonds. The van der Waals surface area contributed by atoms with Gasteiger partial charge >= 0.3 is 0 Å². The predicted octanol–water partition coefficient (Wildman–Crippen LogP) is 5.06. The molecule has 0 bridgehead atoms. The van der Waals surface area contributed by atoms with Crippen LogP contribution in [0.2, 0.25) is 0 Å². The lowest BCUT2D eigenvalue weighted by atomic mass is 10.1. The summed E-state index contributed by atoms with van der Waals surface area (Å²) < 4.78 is 29.2. The first kappa shape index (κ1) is 30.4. The number of benzene rings is 2. The summed E-state index contributed by atoms with van der Waals surface area (Å²) in [6, 6.07) is 10.7. The third kappa shape index (κ3) is 7.21. The smallest absolute Gasteiger partial charge is 0.251 e. The van der Waals surface area contributed by atoms with Gasteiger partial charge in [-0.25, -0.2) is 13.4 Å². The molecular weight excluding hydrogens is 542 g/mol. The second kappa shape index (κ2) is 13.9. The number of unbranched alkanes of at least 4 members (excludes halogenated alkanes) is 2. The SMILES string of the molecule is CCCCN(CCCC)S(=O)(=O)c1ccc(C(=O)NCCN2CCN(c3nc4c(C)c(C)ccc4s3)CC2)cc1. The molecule has 10 heteroatoms. The molecule has 8 nitrogen and oxygen atoms in total. The minimum Gasteiger partial charge on any atom is -0.351 e. The van der Waals surface area contributed by atoms with Crippen LogP contribution < -0.4 is 10.2 Å². The van der Waals surface area contributed by atoms with Crippen molar-refractivity contribution in [1.29, 1.82) is 0 Å². The number of nitrogens with one attached hydrogen (secondary N) is 1. The zero-order valence-electron chi connectivity index (χ0n) is 24.3. The van der Waals surface area contributed by atoms with Crippen LogP contribution in [0.15, 0.2) is 41.3 Å². The summed E-state index contributed by atoms with van der Waals surface area (Å²) in [7, 11) is -3.57. The van der Waals surface area contributed by atoms with Crippen molar-refractivity contribution >= 4 is 42.6 Å². The van der Waals surface area contributed by atoms with Crippen molar-refractivity contribution in [2.45, 2.75) is 58.3 Å². The van der Waals surface area contributed by atoms with Gasteiger partial charge in [-0.15, -0.1) is 0 Å². The maximum absolute atomic E-state index is 13.2.